The van der Waals surface area contributed by atoms with Crippen LogP contribution in [0.2, 0.25) is 0 Å². The van der Waals surface area contributed by atoms with Gasteiger partial charge in [-0.3, -0.25) is 0 Å². The lowest BCUT2D eigenvalue weighted by Crippen LogP contribution is -2.18. The van der Waals surface area contributed by atoms with Gasteiger partial charge in [-0.05, 0) is 68.3 Å². The number of halogens is 4. The second-order valence-electron chi connectivity index (χ2n) is 7.06. The lowest BCUT2D eigenvalue weighted by molar-refractivity contribution is -0.274. The van der Waals surface area contributed by atoms with E-state index in [1.807, 2.05) is 19.1 Å². The van der Waals surface area contributed by atoms with E-state index in [0.717, 1.165) is 11.1 Å². The zero-order valence-corrected chi connectivity index (χ0v) is 17.1. The molecule has 0 saturated heterocycles. The first-order valence-corrected chi connectivity index (χ1v) is 9.38. The standard InChI is InChI=1S/C26H18F4O/c1-17-4-7-20(8-5-17)10-13-23-19(3)15-21(16-25(23)31-26(28,29)30)9-12-22-11-6-18(2)14-24(22)27/h4-8,11,14-16H,1-3H3. The number of alkyl halides is 3. The van der Waals surface area contributed by atoms with Crippen molar-refractivity contribution in [3.8, 4) is 29.4 Å². The Morgan fingerprint density at radius 2 is 1.35 bits per heavy atom. The van der Waals surface area contributed by atoms with Crippen molar-refractivity contribution >= 4 is 0 Å². The molecule has 0 amide bonds. The summed E-state index contributed by atoms with van der Waals surface area (Å²) in [6, 6.07) is 14.7. The Kier molecular flexibility index (Phi) is 6.37. The van der Waals surface area contributed by atoms with Crippen LogP contribution in [0.3, 0.4) is 0 Å². The number of aryl methyl sites for hydroxylation is 3. The third-order valence-corrected chi connectivity index (χ3v) is 4.37. The second-order valence-corrected chi connectivity index (χ2v) is 7.06. The first kappa shape index (κ1) is 22.0. The third kappa shape index (κ3) is 6.14. The number of hydrogen-bond donors (Lipinski definition) is 0. The SMILES string of the molecule is Cc1ccc(C#Cc2c(C)cc(C#Cc3ccc(C)cc3F)cc2OC(F)(F)F)cc1. The Labute approximate surface area is 178 Å². The highest BCUT2D eigenvalue weighted by molar-refractivity contribution is 5.58. The Morgan fingerprint density at radius 1 is 0.710 bits per heavy atom. The number of ether oxygens (including phenoxy) is 1. The van der Waals surface area contributed by atoms with Crippen molar-refractivity contribution in [2.45, 2.75) is 27.1 Å². The summed E-state index contributed by atoms with van der Waals surface area (Å²) >= 11 is 0. The summed E-state index contributed by atoms with van der Waals surface area (Å²) in [5.41, 5.74) is 3.47. The minimum atomic E-state index is -4.89. The van der Waals surface area contributed by atoms with Gasteiger partial charge in [0.25, 0.3) is 0 Å². The predicted molar refractivity (Wildman–Crippen MR) is 112 cm³/mol. The molecule has 0 aliphatic rings. The second kappa shape index (κ2) is 8.98. The van der Waals surface area contributed by atoms with E-state index in [1.54, 1.807) is 38.1 Å². The lowest BCUT2D eigenvalue weighted by Gasteiger charge is -2.13. The van der Waals surface area contributed by atoms with Gasteiger partial charge < -0.3 is 4.74 Å². The van der Waals surface area contributed by atoms with Crippen molar-refractivity contribution in [1.82, 2.24) is 0 Å². The van der Waals surface area contributed by atoms with Crippen molar-refractivity contribution in [2.24, 2.45) is 0 Å². The molecule has 0 fully saturated rings. The highest BCUT2D eigenvalue weighted by Gasteiger charge is 2.32. The number of benzene rings is 3. The van der Waals surface area contributed by atoms with Crippen LogP contribution in [-0.2, 0) is 0 Å². The highest BCUT2D eigenvalue weighted by Crippen LogP contribution is 2.29. The van der Waals surface area contributed by atoms with Crippen LogP contribution in [0.4, 0.5) is 17.6 Å². The van der Waals surface area contributed by atoms with Crippen molar-refractivity contribution in [3.63, 3.8) is 0 Å². The van der Waals surface area contributed by atoms with Gasteiger partial charge in [-0.1, -0.05) is 47.4 Å². The number of hydrogen-bond acceptors (Lipinski definition) is 1. The zero-order chi connectivity index (χ0) is 22.6. The van der Waals surface area contributed by atoms with E-state index in [0.29, 0.717) is 11.1 Å². The van der Waals surface area contributed by atoms with Gasteiger partial charge >= 0.3 is 6.36 Å². The van der Waals surface area contributed by atoms with Crippen molar-refractivity contribution in [2.75, 3.05) is 0 Å². The van der Waals surface area contributed by atoms with E-state index in [1.165, 1.54) is 18.2 Å². The fourth-order valence-corrected chi connectivity index (χ4v) is 2.82. The van der Waals surface area contributed by atoms with Crippen LogP contribution in [0.1, 0.15) is 38.9 Å². The summed E-state index contributed by atoms with van der Waals surface area (Å²) in [4.78, 5) is 0. The maximum atomic E-state index is 14.0. The first-order chi connectivity index (χ1) is 14.6. The van der Waals surface area contributed by atoms with Gasteiger partial charge in [0.2, 0.25) is 0 Å². The molecule has 3 aromatic carbocycles. The van der Waals surface area contributed by atoms with Crippen LogP contribution in [-0.4, -0.2) is 6.36 Å². The molecule has 156 valence electrons. The normalized spacial score (nSPS) is 10.5. The molecule has 3 aromatic rings. The van der Waals surface area contributed by atoms with Crippen molar-refractivity contribution in [1.29, 1.82) is 0 Å². The molecule has 0 aliphatic heterocycles. The zero-order valence-electron chi connectivity index (χ0n) is 17.1. The van der Waals surface area contributed by atoms with E-state index >= 15 is 0 Å². The molecular formula is C26H18F4O. The van der Waals surface area contributed by atoms with E-state index in [-0.39, 0.29) is 16.7 Å². The maximum absolute atomic E-state index is 14.0. The predicted octanol–water partition coefficient (Wildman–Crippen LogP) is 6.45. The minimum absolute atomic E-state index is 0.116. The molecule has 0 bridgehead atoms. The largest absolute Gasteiger partial charge is 0.573 e. The van der Waals surface area contributed by atoms with Crippen molar-refractivity contribution in [3.05, 3.63) is 99.4 Å². The van der Waals surface area contributed by atoms with E-state index in [9.17, 15) is 17.6 Å². The Hall–Kier alpha value is -3.70. The van der Waals surface area contributed by atoms with E-state index < -0.39 is 17.9 Å². The average molecular weight is 422 g/mol. The molecule has 0 unspecified atom stereocenters. The first-order valence-electron chi connectivity index (χ1n) is 9.38. The summed E-state index contributed by atoms with van der Waals surface area (Å²) in [7, 11) is 0. The summed E-state index contributed by atoms with van der Waals surface area (Å²) in [6.07, 6.45) is -4.89. The van der Waals surface area contributed by atoms with Gasteiger partial charge in [0, 0.05) is 11.1 Å². The highest BCUT2D eigenvalue weighted by atomic mass is 19.4. The molecule has 31 heavy (non-hydrogen) atoms. The van der Waals surface area contributed by atoms with Gasteiger partial charge in [0.1, 0.15) is 11.6 Å². The monoisotopic (exact) mass is 422 g/mol. The summed E-state index contributed by atoms with van der Waals surface area (Å²) < 4.78 is 57.1. The smallest absolute Gasteiger partial charge is 0.404 e. The van der Waals surface area contributed by atoms with Crippen LogP contribution in [0, 0.1) is 50.3 Å². The van der Waals surface area contributed by atoms with E-state index in [2.05, 4.69) is 28.4 Å². The number of rotatable bonds is 1. The quantitative estimate of drug-likeness (QED) is 0.324. The molecule has 0 atom stereocenters. The van der Waals surface area contributed by atoms with Crippen LogP contribution < -0.4 is 4.74 Å². The van der Waals surface area contributed by atoms with Gasteiger partial charge in [-0.2, -0.15) is 0 Å². The summed E-state index contributed by atoms with van der Waals surface area (Å²) in [5, 5.41) is 0. The molecule has 0 aromatic heterocycles. The molecule has 1 nitrogen and oxygen atoms in total. The van der Waals surface area contributed by atoms with Crippen LogP contribution in [0.25, 0.3) is 0 Å². The molecule has 3 rings (SSSR count). The maximum Gasteiger partial charge on any atom is 0.573 e. The lowest BCUT2D eigenvalue weighted by atomic mass is 10.0. The van der Waals surface area contributed by atoms with Gasteiger partial charge in [0.05, 0.1) is 11.1 Å². The third-order valence-electron chi connectivity index (χ3n) is 4.37. The topological polar surface area (TPSA) is 9.23 Å². The van der Waals surface area contributed by atoms with Crippen molar-refractivity contribution < 1.29 is 22.3 Å². The molecule has 0 N–H and O–H groups in total. The molecular weight excluding hydrogens is 404 g/mol. The van der Waals surface area contributed by atoms with Crippen LogP contribution in [0.15, 0.2) is 54.6 Å². The molecule has 0 radical (unpaired) electrons. The van der Waals surface area contributed by atoms with Gasteiger partial charge in [-0.25, -0.2) is 4.39 Å². The van der Waals surface area contributed by atoms with Crippen LogP contribution >= 0.6 is 0 Å². The van der Waals surface area contributed by atoms with Crippen LogP contribution in [0.5, 0.6) is 5.75 Å². The fraction of sp³-hybridized carbons (Fsp3) is 0.154. The summed E-state index contributed by atoms with van der Waals surface area (Å²) in [5.74, 6) is 10.1. The molecule has 5 heteroatoms. The Bertz CT molecular complexity index is 1230. The molecule has 0 heterocycles. The molecule has 0 saturated carbocycles. The molecule has 0 aliphatic carbocycles. The average Bonchev–Trinajstić information content (AvgIpc) is 2.67. The van der Waals surface area contributed by atoms with E-state index in [4.69, 9.17) is 0 Å². The Morgan fingerprint density at radius 3 is 2.00 bits per heavy atom. The fourth-order valence-electron chi connectivity index (χ4n) is 2.82. The minimum Gasteiger partial charge on any atom is -0.404 e. The van der Waals surface area contributed by atoms with Gasteiger partial charge in [-0.15, -0.1) is 13.2 Å². The van der Waals surface area contributed by atoms with Gasteiger partial charge in [0.15, 0.2) is 0 Å². The molecule has 0 spiro atoms. The summed E-state index contributed by atoms with van der Waals surface area (Å²) in [6.45, 7) is 5.31. The Balaban J connectivity index is 2.03.